The van der Waals surface area contributed by atoms with Crippen molar-refractivity contribution in [3.8, 4) is 0 Å². The Balaban J connectivity index is 1.32. The van der Waals surface area contributed by atoms with Crippen molar-refractivity contribution in [2.24, 2.45) is 11.3 Å². The molecule has 1 aliphatic carbocycles. The van der Waals surface area contributed by atoms with Crippen LogP contribution in [0.25, 0.3) is 0 Å². The summed E-state index contributed by atoms with van der Waals surface area (Å²) in [6, 6.07) is 6.28. The fraction of sp³-hybridized carbons (Fsp3) is 0.630. The van der Waals surface area contributed by atoms with Gasteiger partial charge in [0.1, 0.15) is 12.1 Å². The van der Waals surface area contributed by atoms with Crippen molar-refractivity contribution in [1.29, 1.82) is 0 Å². The van der Waals surface area contributed by atoms with Crippen molar-refractivity contribution in [2.75, 3.05) is 25.0 Å². The number of nitrogens with zero attached hydrogens (tertiary/aromatic N) is 2. The number of imide groups is 1. The predicted molar refractivity (Wildman–Crippen MR) is 134 cm³/mol. The van der Waals surface area contributed by atoms with Gasteiger partial charge in [0.25, 0.3) is 11.8 Å². The maximum absolute atomic E-state index is 13.2. The lowest BCUT2D eigenvalue weighted by atomic mass is 9.67. The first kappa shape index (κ1) is 25.2. The molecule has 3 aliphatic rings. The molecule has 1 aromatic carbocycles. The van der Waals surface area contributed by atoms with Gasteiger partial charge in [-0.1, -0.05) is 33.6 Å². The number of hydrogen-bond donors (Lipinski definition) is 2. The van der Waals surface area contributed by atoms with Crippen LogP contribution in [0, 0.1) is 11.3 Å². The second-order valence-electron chi connectivity index (χ2n) is 11.4. The van der Waals surface area contributed by atoms with Crippen LogP contribution in [-0.2, 0) is 9.59 Å². The van der Waals surface area contributed by atoms with Crippen LogP contribution in [0.15, 0.2) is 24.3 Å². The van der Waals surface area contributed by atoms with Crippen LogP contribution >= 0.6 is 0 Å². The van der Waals surface area contributed by atoms with Crippen LogP contribution < -0.4 is 10.6 Å². The van der Waals surface area contributed by atoms with Gasteiger partial charge in [0, 0.05) is 24.3 Å². The van der Waals surface area contributed by atoms with Crippen molar-refractivity contribution in [2.45, 2.75) is 77.7 Å². The number of urea groups is 1. The number of anilines is 1. The molecule has 2 N–H and O–H groups in total. The Morgan fingerprint density at radius 2 is 1.60 bits per heavy atom. The van der Waals surface area contributed by atoms with Crippen molar-refractivity contribution in [1.82, 2.24) is 15.1 Å². The predicted octanol–water partition coefficient (Wildman–Crippen LogP) is 4.17. The summed E-state index contributed by atoms with van der Waals surface area (Å²) in [5.74, 6) is -0.232. The normalized spacial score (nSPS) is 25.4. The Bertz CT molecular complexity index is 966. The summed E-state index contributed by atoms with van der Waals surface area (Å²) in [5.41, 5.74) is 0.399. The lowest BCUT2D eigenvalue weighted by molar-refractivity contribution is -0.135. The molecule has 0 atom stereocenters. The van der Waals surface area contributed by atoms with E-state index in [2.05, 4.69) is 31.4 Å². The molecule has 0 radical (unpaired) electrons. The van der Waals surface area contributed by atoms with E-state index < -0.39 is 17.5 Å². The highest BCUT2D eigenvalue weighted by atomic mass is 16.2. The molecule has 190 valence electrons. The quantitative estimate of drug-likeness (QED) is 0.629. The van der Waals surface area contributed by atoms with E-state index in [0.717, 1.165) is 56.5 Å². The monoisotopic (exact) mass is 482 g/mol. The van der Waals surface area contributed by atoms with E-state index in [4.69, 9.17) is 0 Å². The first-order valence-electron chi connectivity index (χ1n) is 12.9. The third-order valence-electron chi connectivity index (χ3n) is 7.92. The summed E-state index contributed by atoms with van der Waals surface area (Å²) in [7, 11) is 0. The maximum Gasteiger partial charge on any atom is 0.325 e. The van der Waals surface area contributed by atoms with Gasteiger partial charge in [0.2, 0.25) is 5.91 Å². The number of carbonyl (C=O) groups excluding carboxylic acids is 4. The first-order chi connectivity index (χ1) is 16.6. The molecule has 3 fully saturated rings. The molecule has 8 nitrogen and oxygen atoms in total. The number of amides is 5. The number of nitrogens with one attached hydrogen (secondary N) is 2. The topological polar surface area (TPSA) is 98.8 Å². The average Bonchev–Trinajstić information content (AvgIpc) is 3.01. The van der Waals surface area contributed by atoms with Crippen LogP contribution in [0.5, 0.6) is 0 Å². The van der Waals surface area contributed by atoms with Crippen LogP contribution in [0.1, 0.15) is 82.5 Å². The third-order valence-corrected chi connectivity index (χ3v) is 7.92. The molecule has 2 saturated heterocycles. The molecular formula is C27H38N4O4. The van der Waals surface area contributed by atoms with Crippen molar-refractivity contribution in [3.63, 3.8) is 0 Å². The summed E-state index contributed by atoms with van der Waals surface area (Å²) in [5, 5.41) is 5.63. The van der Waals surface area contributed by atoms with Crippen molar-refractivity contribution < 1.29 is 19.2 Å². The van der Waals surface area contributed by atoms with Gasteiger partial charge < -0.3 is 15.5 Å². The largest absolute Gasteiger partial charge is 0.339 e. The van der Waals surface area contributed by atoms with E-state index in [0.29, 0.717) is 30.0 Å². The minimum Gasteiger partial charge on any atom is -0.339 e. The zero-order valence-electron chi connectivity index (χ0n) is 21.2. The summed E-state index contributed by atoms with van der Waals surface area (Å²) < 4.78 is 0. The number of hydrogen-bond acceptors (Lipinski definition) is 4. The fourth-order valence-electron chi connectivity index (χ4n) is 5.63. The van der Waals surface area contributed by atoms with E-state index in [9.17, 15) is 19.2 Å². The lowest BCUT2D eigenvalue weighted by Crippen LogP contribution is -2.50. The van der Waals surface area contributed by atoms with Gasteiger partial charge in [-0.2, -0.15) is 0 Å². The standard InChI is InChI=1S/C27H38N4O4/c1-26(2,3)20-12-14-27(15-13-20)24(34)31(25(35)29-27)18-22(32)28-21-10-8-19(9-11-21)23(33)30-16-6-4-5-7-17-30/h8-11,20H,4-7,12-18H2,1-3H3,(H,28,32)(H,29,35). The number of carbonyl (C=O) groups is 4. The van der Waals surface area contributed by atoms with Crippen LogP contribution in [0.4, 0.5) is 10.5 Å². The molecule has 0 unspecified atom stereocenters. The summed E-state index contributed by atoms with van der Waals surface area (Å²) in [4.78, 5) is 54.1. The Morgan fingerprint density at radius 1 is 1.00 bits per heavy atom. The van der Waals surface area contributed by atoms with Crippen LogP contribution in [0.3, 0.4) is 0 Å². The SMILES string of the molecule is CC(C)(C)C1CCC2(CC1)NC(=O)N(CC(=O)Nc1ccc(C(=O)N3CCCCCC3)cc1)C2=O. The van der Waals surface area contributed by atoms with Gasteiger partial charge in [-0.25, -0.2) is 4.79 Å². The van der Waals surface area contributed by atoms with Gasteiger partial charge in [0.15, 0.2) is 0 Å². The summed E-state index contributed by atoms with van der Waals surface area (Å²) >= 11 is 0. The van der Waals surface area contributed by atoms with E-state index in [1.165, 1.54) is 0 Å². The fourth-order valence-corrected chi connectivity index (χ4v) is 5.63. The van der Waals surface area contributed by atoms with Gasteiger partial charge in [-0.15, -0.1) is 0 Å². The van der Waals surface area contributed by atoms with E-state index >= 15 is 0 Å². The Labute approximate surface area is 207 Å². The molecule has 2 heterocycles. The smallest absolute Gasteiger partial charge is 0.325 e. The summed E-state index contributed by atoms with van der Waals surface area (Å²) in [6.45, 7) is 7.85. The van der Waals surface area contributed by atoms with Crippen molar-refractivity contribution >= 4 is 29.4 Å². The molecule has 0 bridgehead atoms. The third kappa shape index (κ3) is 5.52. The molecule has 8 heteroatoms. The number of likely N-dealkylation sites (tertiary alicyclic amines) is 1. The molecule has 4 rings (SSSR count). The molecule has 1 spiro atoms. The van der Waals surface area contributed by atoms with Crippen LogP contribution in [-0.4, -0.2) is 58.7 Å². The van der Waals surface area contributed by atoms with Gasteiger partial charge in [0.05, 0.1) is 0 Å². The summed E-state index contributed by atoms with van der Waals surface area (Å²) in [6.07, 6.45) is 7.32. The second kappa shape index (κ2) is 9.99. The minimum absolute atomic E-state index is 0.00981. The molecule has 2 aliphatic heterocycles. The number of benzene rings is 1. The molecule has 1 saturated carbocycles. The Morgan fingerprint density at radius 3 is 2.17 bits per heavy atom. The first-order valence-corrected chi connectivity index (χ1v) is 12.9. The lowest BCUT2D eigenvalue weighted by Gasteiger charge is -2.40. The van der Waals surface area contributed by atoms with Crippen molar-refractivity contribution in [3.05, 3.63) is 29.8 Å². The molecule has 35 heavy (non-hydrogen) atoms. The Hall–Kier alpha value is -2.90. The van der Waals surface area contributed by atoms with Gasteiger partial charge in [-0.3, -0.25) is 19.3 Å². The zero-order valence-corrected chi connectivity index (χ0v) is 21.2. The van der Waals surface area contributed by atoms with E-state index in [1.807, 2.05) is 4.90 Å². The second-order valence-corrected chi connectivity index (χ2v) is 11.4. The highest BCUT2D eigenvalue weighted by Crippen LogP contribution is 2.43. The van der Waals surface area contributed by atoms with Gasteiger partial charge >= 0.3 is 6.03 Å². The number of rotatable bonds is 4. The van der Waals surface area contributed by atoms with E-state index in [1.54, 1.807) is 24.3 Å². The molecule has 5 amide bonds. The van der Waals surface area contributed by atoms with E-state index in [-0.39, 0.29) is 23.8 Å². The average molecular weight is 483 g/mol. The van der Waals surface area contributed by atoms with Crippen LogP contribution in [0.2, 0.25) is 0 Å². The minimum atomic E-state index is -0.881. The maximum atomic E-state index is 13.2. The highest BCUT2D eigenvalue weighted by Gasteiger charge is 2.53. The molecule has 1 aromatic rings. The zero-order chi connectivity index (χ0) is 25.2. The molecule has 0 aromatic heterocycles. The Kier molecular flexibility index (Phi) is 7.20. The molecular weight excluding hydrogens is 444 g/mol. The van der Waals surface area contributed by atoms with Gasteiger partial charge in [-0.05, 0) is 74.1 Å². The highest BCUT2D eigenvalue weighted by molar-refractivity contribution is 6.10.